The molecule has 0 amide bonds. The van der Waals surface area contributed by atoms with Gasteiger partial charge in [-0.3, -0.25) is 9.59 Å². The van der Waals surface area contributed by atoms with Gasteiger partial charge >= 0.3 is 11.9 Å². The summed E-state index contributed by atoms with van der Waals surface area (Å²) in [6, 6.07) is 0. The number of ether oxygens (including phenoxy) is 1. The van der Waals surface area contributed by atoms with Crippen LogP contribution in [-0.2, 0) is 14.3 Å². The third-order valence-corrected chi connectivity index (χ3v) is 1.77. The van der Waals surface area contributed by atoms with Crippen molar-refractivity contribution >= 4 is 11.9 Å². The SMILES string of the molecule is CC(O)CO.CC(O)COC(=O)CCCCC(=O)O. The number of aliphatic carboxylic acids is 1. The van der Waals surface area contributed by atoms with E-state index in [9.17, 15) is 9.59 Å². The molecule has 0 aromatic carbocycles. The third-order valence-electron chi connectivity index (χ3n) is 1.77. The summed E-state index contributed by atoms with van der Waals surface area (Å²) in [4.78, 5) is 21.0. The van der Waals surface area contributed by atoms with Crippen molar-refractivity contribution in [3.8, 4) is 0 Å². The van der Waals surface area contributed by atoms with Gasteiger partial charge in [-0.2, -0.15) is 0 Å². The Labute approximate surface area is 112 Å². The van der Waals surface area contributed by atoms with E-state index in [0.29, 0.717) is 12.8 Å². The average molecular weight is 280 g/mol. The van der Waals surface area contributed by atoms with E-state index in [1.54, 1.807) is 0 Å². The molecule has 114 valence electrons. The fraction of sp³-hybridized carbons (Fsp3) is 0.833. The zero-order valence-electron chi connectivity index (χ0n) is 11.4. The Morgan fingerprint density at radius 3 is 1.89 bits per heavy atom. The summed E-state index contributed by atoms with van der Waals surface area (Å²) < 4.78 is 4.67. The Balaban J connectivity index is 0. The molecule has 19 heavy (non-hydrogen) atoms. The van der Waals surface area contributed by atoms with Gasteiger partial charge in [-0.25, -0.2) is 0 Å². The maximum atomic E-state index is 10.9. The zero-order chi connectivity index (χ0) is 15.3. The lowest BCUT2D eigenvalue weighted by Crippen LogP contribution is -2.15. The van der Waals surface area contributed by atoms with Crippen molar-refractivity contribution < 1.29 is 34.8 Å². The summed E-state index contributed by atoms with van der Waals surface area (Å²) in [6.45, 7) is 2.91. The summed E-state index contributed by atoms with van der Waals surface area (Å²) in [5, 5.41) is 33.1. The van der Waals surface area contributed by atoms with Crippen molar-refractivity contribution in [3.05, 3.63) is 0 Å². The smallest absolute Gasteiger partial charge is 0.305 e. The first-order valence-electron chi connectivity index (χ1n) is 6.14. The molecule has 0 fully saturated rings. The number of rotatable bonds is 8. The quantitative estimate of drug-likeness (QED) is 0.362. The van der Waals surface area contributed by atoms with Crippen molar-refractivity contribution in [1.82, 2.24) is 0 Å². The van der Waals surface area contributed by atoms with Crippen LogP contribution in [0.15, 0.2) is 0 Å². The summed E-state index contributed by atoms with van der Waals surface area (Å²) >= 11 is 0. The number of esters is 1. The van der Waals surface area contributed by atoms with Crippen LogP contribution in [0.25, 0.3) is 0 Å². The van der Waals surface area contributed by atoms with E-state index in [4.69, 9.17) is 20.4 Å². The lowest BCUT2D eigenvalue weighted by atomic mass is 10.2. The molecule has 0 radical (unpaired) electrons. The molecule has 7 heteroatoms. The minimum atomic E-state index is -0.859. The number of aliphatic hydroxyl groups is 3. The van der Waals surface area contributed by atoms with Crippen molar-refractivity contribution in [2.75, 3.05) is 13.2 Å². The molecule has 7 nitrogen and oxygen atoms in total. The van der Waals surface area contributed by atoms with Crippen LogP contribution in [0.5, 0.6) is 0 Å². The maximum Gasteiger partial charge on any atom is 0.305 e. The topological polar surface area (TPSA) is 124 Å². The average Bonchev–Trinajstić information content (AvgIpc) is 2.32. The fourth-order valence-corrected chi connectivity index (χ4v) is 0.831. The molecule has 0 aromatic heterocycles. The standard InChI is InChI=1S/C9H16O5.C3H8O2/c1-7(10)6-14-9(13)5-3-2-4-8(11)12;1-3(5)2-4/h7,10H,2-6H2,1H3,(H,11,12);3-5H,2H2,1H3. The Kier molecular flexibility index (Phi) is 14.1. The highest BCUT2D eigenvalue weighted by Gasteiger charge is 2.05. The van der Waals surface area contributed by atoms with Crippen LogP contribution in [0, 0.1) is 0 Å². The summed E-state index contributed by atoms with van der Waals surface area (Å²) in [7, 11) is 0. The molecule has 2 atom stereocenters. The van der Waals surface area contributed by atoms with Gasteiger partial charge in [0, 0.05) is 12.8 Å². The fourth-order valence-electron chi connectivity index (χ4n) is 0.831. The van der Waals surface area contributed by atoms with Crippen LogP contribution in [0.1, 0.15) is 39.5 Å². The summed E-state index contributed by atoms with van der Waals surface area (Å²) in [5.41, 5.74) is 0. The lowest BCUT2D eigenvalue weighted by molar-refractivity contribution is -0.146. The first-order chi connectivity index (χ1) is 8.79. The molecule has 0 rings (SSSR count). The molecular weight excluding hydrogens is 256 g/mol. The number of carbonyl (C=O) groups excluding carboxylic acids is 1. The van der Waals surface area contributed by atoms with Gasteiger partial charge in [0.25, 0.3) is 0 Å². The zero-order valence-corrected chi connectivity index (χ0v) is 11.4. The van der Waals surface area contributed by atoms with Gasteiger partial charge in [-0.15, -0.1) is 0 Å². The number of carbonyl (C=O) groups is 2. The van der Waals surface area contributed by atoms with Crippen LogP contribution in [0.4, 0.5) is 0 Å². The van der Waals surface area contributed by atoms with Crippen molar-refractivity contribution in [3.63, 3.8) is 0 Å². The second-order valence-corrected chi connectivity index (χ2v) is 4.16. The number of unbranched alkanes of at least 4 members (excludes halogenated alkanes) is 1. The van der Waals surface area contributed by atoms with Gasteiger partial charge in [0.2, 0.25) is 0 Å². The lowest BCUT2D eigenvalue weighted by Gasteiger charge is -2.05. The summed E-state index contributed by atoms with van der Waals surface area (Å²) in [5.74, 6) is -1.25. The molecule has 0 heterocycles. The summed E-state index contributed by atoms with van der Waals surface area (Å²) in [6.07, 6.45) is 0.0428. The van der Waals surface area contributed by atoms with E-state index in [0.717, 1.165) is 0 Å². The molecule has 2 unspecified atom stereocenters. The first-order valence-corrected chi connectivity index (χ1v) is 6.14. The van der Waals surface area contributed by atoms with Gasteiger partial charge in [0.05, 0.1) is 18.8 Å². The molecule has 0 saturated heterocycles. The monoisotopic (exact) mass is 280 g/mol. The molecule has 0 saturated carbocycles. The number of hydrogen-bond donors (Lipinski definition) is 4. The van der Waals surface area contributed by atoms with E-state index >= 15 is 0 Å². The third kappa shape index (κ3) is 22.5. The first kappa shape index (κ1) is 20.1. The molecule has 0 aliphatic rings. The number of aliphatic hydroxyl groups excluding tert-OH is 3. The highest BCUT2D eigenvalue weighted by molar-refractivity contribution is 5.69. The van der Waals surface area contributed by atoms with Gasteiger partial charge in [0.15, 0.2) is 0 Å². The molecule has 0 aliphatic carbocycles. The van der Waals surface area contributed by atoms with Gasteiger partial charge in [0.1, 0.15) is 6.61 Å². The Bertz CT molecular complexity index is 238. The molecular formula is C12H24O7. The Morgan fingerprint density at radius 2 is 1.53 bits per heavy atom. The molecule has 0 aliphatic heterocycles. The minimum absolute atomic E-state index is 0.00222. The molecule has 0 bridgehead atoms. The maximum absolute atomic E-state index is 10.9. The Morgan fingerprint density at radius 1 is 1.05 bits per heavy atom. The Hall–Kier alpha value is -1.18. The molecule has 4 N–H and O–H groups in total. The predicted octanol–water partition coefficient (Wildman–Crippen LogP) is -0.0851. The van der Waals surface area contributed by atoms with E-state index < -0.39 is 24.1 Å². The number of hydrogen-bond acceptors (Lipinski definition) is 6. The van der Waals surface area contributed by atoms with E-state index in [-0.39, 0.29) is 26.1 Å². The molecule has 0 spiro atoms. The van der Waals surface area contributed by atoms with Crippen molar-refractivity contribution in [1.29, 1.82) is 0 Å². The van der Waals surface area contributed by atoms with E-state index in [1.165, 1.54) is 13.8 Å². The van der Waals surface area contributed by atoms with Crippen LogP contribution in [0.2, 0.25) is 0 Å². The second-order valence-electron chi connectivity index (χ2n) is 4.16. The normalized spacial score (nSPS) is 12.9. The molecule has 0 aromatic rings. The minimum Gasteiger partial charge on any atom is -0.481 e. The van der Waals surface area contributed by atoms with Crippen LogP contribution in [0.3, 0.4) is 0 Å². The van der Waals surface area contributed by atoms with Crippen molar-refractivity contribution in [2.45, 2.75) is 51.7 Å². The van der Waals surface area contributed by atoms with Crippen LogP contribution in [-0.4, -0.2) is 57.8 Å². The van der Waals surface area contributed by atoms with Crippen LogP contribution >= 0.6 is 0 Å². The van der Waals surface area contributed by atoms with Gasteiger partial charge in [-0.1, -0.05) is 0 Å². The second kappa shape index (κ2) is 13.3. The number of carboxylic acid groups (broad SMARTS) is 1. The van der Waals surface area contributed by atoms with Crippen LogP contribution < -0.4 is 0 Å². The largest absolute Gasteiger partial charge is 0.481 e. The highest BCUT2D eigenvalue weighted by Crippen LogP contribution is 2.01. The van der Waals surface area contributed by atoms with E-state index in [2.05, 4.69) is 4.74 Å². The van der Waals surface area contributed by atoms with Gasteiger partial charge in [-0.05, 0) is 26.7 Å². The highest BCUT2D eigenvalue weighted by atomic mass is 16.5. The van der Waals surface area contributed by atoms with E-state index in [1.807, 2.05) is 0 Å². The van der Waals surface area contributed by atoms with Crippen molar-refractivity contribution in [2.24, 2.45) is 0 Å². The predicted molar refractivity (Wildman–Crippen MR) is 67.5 cm³/mol. The van der Waals surface area contributed by atoms with Gasteiger partial charge < -0.3 is 25.2 Å². The number of carboxylic acids is 1.